The monoisotopic (exact) mass is 303 g/mol. The Kier molecular flexibility index (Phi) is 5.30. The van der Waals surface area contributed by atoms with Crippen LogP contribution in [-0.4, -0.2) is 28.8 Å². The number of hydrogen-bond acceptors (Lipinski definition) is 6. The number of thioether (sulfide) groups is 1. The predicted octanol–water partition coefficient (Wildman–Crippen LogP) is 1.99. The second kappa shape index (κ2) is 7.19. The molecule has 110 valence electrons. The summed E-state index contributed by atoms with van der Waals surface area (Å²) in [6, 6.07) is 11.0. The van der Waals surface area contributed by atoms with Gasteiger partial charge in [0, 0.05) is 18.1 Å². The SMILES string of the molecule is COC(=O)C(N)(CCSc1ncccn1)c1ccccc1. The van der Waals surface area contributed by atoms with Gasteiger partial charge in [0.2, 0.25) is 0 Å². The van der Waals surface area contributed by atoms with Crippen LogP contribution < -0.4 is 5.73 Å². The number of nitrogens with two attached hydrogens (primary N) is 1. The molecule has 0 bridgehead atoms. The van der Waals surface area contributed by atoms with E-state index in [1.54, 1.807) is 18.5 Å². The van der Waals surface area contributed by atoms with Crippen LogP contribution in [0.3, 0.4) is 0 Å². The van der Waals surface area contributed by atoms with Crippen molar-refractivity contribution in [2.75, 3.05) is 12.9 Å². The highest BCUT2D eigenvalue weighted by atomic mass is 32.2. The molecule has 6 heteroatoms. The molecule has 0 aliphatic heterocycles. The van der Waals surface area contributed by atoms with Crippen LogP contribution in [0.15, 0.2) is 53.9 Å². The molecule has 1 unspecified atom stereocenters. The van der Waals surface area contributed by atoms with Crippen LogP contribution in [0, 0.1) is 0 Å². The van der Waals surface area contributed by atoms with Crippen molar-refractivity contribution in [2.24, 2.45) is 5.73 Å². The predicted molar refractivity (Wildman–Crippen MR) is 81.7 cm³/mol. The molecule has 0 spiro atoms. The fraction of sp³-hybridized carbons (Fsp3) is 0.267. The number of ether oxygens (including phenoxy) is 1. The zero-order chi connectivity index (χ0) is 15.1. The first-order chi connectivity index (χ1) is 10.2. The highest BCUT2D eigenvalue weighted by Gasteiger charge is 2.36. The van der Waals surface area contributed by atoms with Gasteiger partial charge in [-0.3, -0.25) is 0 Å². The van der Waals surface area contributed by atoms with Gasteiger partial charge in [-0.15, -0.1) is 0 Å². The molecule has 1 aromatic carbocycles. The minimum atomic E-state index is -1.15. The van der Waals surface area contributed by atoms with Gasteiger partial charge in [-0.05, 0) is 18.1 Å². The quantitative estimate of drug-likeness (QED) is 0.499. The molecule has 5 nitrogen and oxygen atoms in total. The first-order valence-corrected chi connectivity index (χ1v) is 7.48. The Morgan fingerprint density at radius 3 is 2.52 bits per heavy atom. The molecule has 0 saturated carbocycles. The average Bonchev–Trinajstić information content (AvgIpc) is 2.55. The normalized spacial score (nSPS) is 13.4. The van der Waals surface area contributed by atoms with Crippen molar-refractivity contribution in [3.8, 4) is 0 Å². The molecule has 2 N–H and O–H groups in total. The Hall–Kier alpha value is -1.92. The topological polar surface area (TPSA) is 78.1 Å². The first-order valence-electron chi connectivity index (χ1n) is 6.49. The van der Waals surface area contributed by atoms with Gasteiger partial charge in [-0.2, -0.15) is 0 Å². The van der Waals surface area contributed by atoms with E-state index in [2.05, 4.69) is 9.97 Å². The van der Waals surface area contributed by atoms with Gasteiger partial charge in [-0.1, -0.05) is 42.1 Å². The van der Waals surface area contributed by atoms with Gasteiger partial charge in [0.15, 0.2) is 5.16 Å². The molecule has 1 heterocycles. The van der Waals surface area contributed by atoms with Gasteiger partial charge >= 0.3 is 5.97 Å². The van der Waals surface area contributed by atoms with Gasteiger partial charge in [0.1, 0.15) is 5.54 Å². The molecule has 21 heavy (non-hydrogen) atoms. The van der Waals surface area contributed by atoms with Crippen LogP contribution in [0.1, 0.15) is 12.0 Å². The fourth-order valence-corrected chi connectivity index (χ4v) is 2.82. The summed E-state index contributed by atoms with van der Waals surface area (Å²) in [5, 5.41) is 0.665. The standard InChI is InChI=1S/C15H17N3O2S/c1-20-13(19)15(16,12-6-3-2-4-7-12)8-11-21-14-17-9-5-10-18-14/h2-7,9-10H,8,11,16H2,1H3. The van der Waals surface area contributed by atoms with E-state index >= 15 is 0 Å². The molecule has 1 atom stereocenters. The summed E-state index contributed by atoms with van der Waals surface area (Å²) < 4.78 is 4.87. The third-order valence-corrected chi connectivity index (χ3v) is 3.99. The number of carbonyl (C=O) groups excluding carboxylic acids is 1. The summed E-state index contributed by atoms with van der Waals surface area (Å²) in [4.78, 5) is 20.4. The second-order valence-electron chi connectivity index (χ2n) is 4.46. The molecule has 0 radical (unpaired) electrons. The smallest absolute Gasteiger partial charge is 0.330 e. The zero-order valence-corrected chi connectivity index (χ0v) is 12.5. The van der Waals surface area contributed by atoms with Gasteiger partial charge in [0.05, 0.1) is 7.11 Å². The largest absolute Gasteiger partial charge is 0.467 e. The highest BCUT2D eigenvalue weighted by molar-refractivity contribution is 7.99. The molecule has 2 aromatic rings. The lowest BCUT2D eigenvalue weighted by Gasteiger charge is -2.26. The first kappa shape index (κ1) is 15.5. The van der Waals surface area contributed by atoms with Gasteiger partial charge < -0.3 is 10.5 Å². The molecular weight excluding hydrogens is 286 g/mol. The lowest BCUT2D eigenvalue weighted by molar-refractivity contribution is -0.147. The third-order valence-electron chi connectivity index (χ3n) is 3.11. The van der Waals surface area contributed by atoms with Crippen LogP contribution >= 0.6 is 11.8 Å². The Morgan fingerprint density at radius 1 is 1.24 bits per heavy atom. The number of aromatic nitrogens is 2. The maximum Gasteiger partial charge on any atom is 0.330 e. The van der Waals surface area contributed by atoms with E-state index in [4.69, 9.17) is 10.5 Å². The number of nitrogens with zero attached hydrogens (tertiary/aromatic N) is 2. The molecule has 0 fully saturated rings. The van der Waals surface area contributed by atoms with Crippen LogP contribution in [-0.2, 0) is 15.1 Å². The Balaban J connectivity index is 2.09. The molecule has 1 aromatic heterocycles. The van der Waals surface area contributed by atoms with E-state index in [9.17, 15) is 4.79 Å². The van der Waals surface area contributed by atoms with Crippen molar-refractivity contribution in [1.29, 1.82) is 0 Å². The number of hydrogen-bond donors (Lipinski definition) is 1. The lowest BCUT2D eigenvalue weighted by Crippen LogP contribution is -2.46. The van der Waals surface area contributed by atoms with E-state index < -0.39 is 11.5 Å². The summed E-state index contributed by atoms with van der Waals surface area (Å²) in [7, 11) is 1.35. The Morgan fingerprint density at radius 2 is 1.90 bits per heavy atom. The van der Waals surface area contributed by atoms with Crippen LogP contribution in [0.25, 0.3) is 0 Å². The number of methoxy groups -OCH3 is 1. The van der Waals surface area contributed by atoms with Crippen molar-refractivity contribution in [1.82, 2.24) is 9.97 Å². The van der Waals surface area contributed by atoms with Crippen molar-refractivity contribution >= 4 is 17.7 Å². The van der Waals surface area contributed by atoms with Crippen LogP contribution in [0.4, 0.5) is 0 Å². The van der Waals surface area contributed by atoms with Crippen molar-refractivity contribution in [3.05, 3.63) is 54.4 Å². The summed E-state index contributed by atoms with van der Waals surface area (Å²) in [5.74, 6) is 0.174. The van der Waals surface area contributed by atoms with E-state index in [-0.39, 0.29) is 0 Å². The molecule has 0 amide bonds. The third kappa shape index (κ3) is 3.80. The molecule has 2 rings (SSSR count). The Labute approximate surface area is 127 Å². The maximum atomic E-state index is 12.1. The minimum absolute atomic E-state index is 0.437. The summed E-state index contributed by atoms with van der Waals surface area (Å²) in [6.45, 7) is 0. The van der Waals surface area contributed by atoms with E-state index in [1.807, 2.05) is 30.3 Å². The van der Waals surface area contributed by atoms with Crippen molar-refractivity contribution in [3.63, 3.8) is 0 Å². The number of rotatable bonds is 6. The average molecular weight is 303 g/mol. The summed E-state index contributed by atoms with van der Waals surface area (Å²) in [5.41, 5.74) is 5.90. The fourth-order valence-electron chi connectivity index (χ4n) is 1.95. The van der Waals surface area contributed by atoms with Crippen LogP contribution in [0.2, 0.25) is 0 Å². The summed E-state index contributed by atoms with van der Waals surface area (Å²) in [6.07, 6.45) is 3.80. The molecular formula is C15H17N3O2S. The van der Waals surface area contributed by atoms with E-state index in [0.717, 1.165) is 5.56 Å². The Bertz CT molecular complexity index is 580. The van der Waals surface area contributed by atoms with E-state index in [0.29, 0.717) is 17.3 Å². The minimum Gasteiger partial charge on any atom is -0.467 e. The van der Waals surface area contributed by atoms with Crippen LogP contribution in [0.5, 0.6) is 0 Å². The number of esters is 1. The number of benzene rings is 1. The van der Waals surface area contributed by atoms with E-state index in [1.165, 1.54) is 18.9 Å². The summed E-state index contributed by atoms with van der Waals surface area (Å²) >= 11 is 1.46. The van der Waals surface area contributed by atoms with Gasteiger partial charge in [-0.25, -0.2) is 14.8 Å². The van der Waals surface area contributed by atoms with Gasteiger partial charge in [0.25, 0.3) is 0 Å². The number of carbonyl (C=O) groups is 1. The molecule has 0 aliphatic rings. The van der Waals surface area contributed by atoms with Crippen molar-refractivity contribution < 1.29 is 9.53 Å². The molecule has 0 aliphatic carbocycles. The van der Waals surface area contributed by atoms with Crippen molar-refractivity contribution in [2.45, 2.75) is 17.1 Å². The second-order valence-corrected chi connectivity index (χ2v) is 5.52. The highest BCUT2D eigenvalue weighted by Crippen LogP contribution is 2.27. The zero-order valence-electron chi connectivity index (χ0n) is 11.7. The lowest BCUT2D eigenvalue weighted by atomic mass is 9.88. The maximum absolute atomic E-state index is 12.1. The molecule has 0 saturated heterocycles.